The highest BCUT2D eigenvalue weighted by Crippen LogP contribution is 2.19. The summed E-state index contributed by atoms with van der Waals surface area (Å²) in [6.07, 6.45) is 0. The predicted octanol–water partition coefficient (Wildman–Crippen LogP) is 4.09. The number of rotatable bonds is 6. The van der Waals surface area contributed by atoms with Crippen molar-refractivity contribution >= 4 is 46.0 Å². The van der Waals surface area contributed by atoms with Crippen LogP contribution in [0.5, 0.6) is 6.01 Å². The maximum atomic E-state index is 5.96. The molecule has 0 radical (unpaired) electrons. The molecule has 2 N–H and O–H groups in total. The lowest BCUT2D eigenvalue weighted by Crippen LogP contribution is -2.20. The van der Waals surface area contributed by atoms with Crippen LogP contribution in [0.15, 0.2) is 30.3 Å². The molecule has 3 rings (SSSR count). The fourth-order valence-corrected chi connectivity index (χ4v) is 2.80. The minimum absolute atomic E-state index is 0.400. The second-order valence-corrected chi connectivity index (χ2v) is 6.11. The second-order valence-electron chi connectivity index (χ2n) is 4.85. The number of aromatic nitrogens is 3. The van der Waals surface area contributed by atoms with Crippen LogP contribution in [0.25, 0.3) is 11.2 Å². The van der Waals surface area contributed by atoms with Crippen molar-refractivity contribution < 1.29 is 4.74 Å². The van der Waals surface area contributed by atoms with E-state index in [-0.39, 0.29) is 0 Å². The standard InChI is InChI=1S/C15H13Cl3N4O/c16-10-5-9(6-11(17)7-10)8-19-3-4-23-15-20-12-1-2-13(18)21-14(12)22-15/h1-2,5-7,19H,3-4,8H2,(H,20,21,22). The number of H-pyrrole nitrogens is 1. The summed E-state index contributed by atoms with van der Waals surface area (Å²) in [5, 5.41) is 4.90. The molecule has 0 spiro atoms. The number of fused-ring (bicyclic) bond motifs is 1. The van der Waals surface area contributed by atoms with Gasteiger partial charge in [0, 0.05) is 23.1 Å². The maximum Gasteiger partial charge on any atom is 0.296 e. The van der Waals surface area contributed by atoms with Gasteiger partial charge in [-0.25, -0.2) is 4.98 Å². The molecule has 1 aromatic carbocycles. The van der Waals surface area contributed by atoms with Crippen molar-refractivity contribution in [2.45, 2.75) is 6.54 Å². The van der Waals surface area contributed by atoms with Gasteiger partial charge < -0.3 is 15.0 Å². The van der Waals surface area contributed by atoms with E-state index in [1.165, 1.54) is 0 Å². The van der Waals surface area contributed by atoms with Gasteiger partial charge in [-0.05, 0) is 35.9 Å². The Balaban J connectivity index is 1.47. The molecule has 0 unspecified atom stereocenters. The van der Waals surface area contributed by atoms with E-state index in [0.29, 0.717) is 46.6 Å². The van der Waals surface area contributed by atoms with Crippen LogP contribution in [0, 0.1) is 0 Å². The fraction of sp³-hybridized carbons (Fsp3) is 0.200. The van der Waals surface area contributed by atoms with E-state index in [1.807, 2.05) is 18.2 Å². The van der Waals surface area contributed by atoms with Crippen LogP contribution in [-0.2, 0) is 6.54 Å². The Morgan fingerprint density at radius 1 is 1.04 bits per heavy atom. The molecule has 120 valence electrons. The number of aromatic amines is 1. The molecule has 23 heavy (non-hydrogen) atoms. The lowest BCUT2D eigenvalue weighted by Gasteiger charge is -2.06. The summed E-state index contributed by atoms with van der Waals surface area (Å²) in [5.74, 6) is 0. The number of imidazole rings is 1. The van der Waals surface area contributed by atoms with E-state index in [1.54, 1.807) is 12.1 Å². The summed E-state index contributed by atoms with van der Waals surface area (Å²) in [6.45, 7) is 1.76. The zero-order chi connectivity index (χ0) is 16.2. The summed E-state index contributed by atoms with van der Waals surface area (Å²) in [4.78, 5) is 11.3. The number of nitrogens with one attached hydrogen (secondary N) is 2. The van der Waals surface area contributed by atoms with Gasteiger partial charge in [0.15, 0.2) is 5.65 Å². The minimum Gasteiger partial charge on any atom is -0.463 e. The quantitative estimate of drug-likeness (QED) is 0.506. The zero-order valence-electron chi connectivity index (χ0n) is 11.9. The molecule has 0 amide bonds. The number of pyridine rings is 1. The minimum atomic E-state index is 0.400. The van der Waals surface area contributed by atoms with Crippen LogP contribution in [0.3, 0.4) is 0 Å². The van der Waals surface area contributed by atoms with Crippen molar-refractivity contribution in [2.75, 3.05) is 13.2 Å². The topological polar surface area (TPSA) is 62.8 Å². The molecule has 3 aromatic rings. The molecule has 0 bridgehead atoms. The lowest BCUT2D eigenvalue weighted by atomic mass is 10.2. The highest BCUT2D eigenvalue weighted by molar-refractivity contribution is 6.34. The molecule has 8 heteroatoms. The number of hydrogen-bond donors (Lipinski definition) is 2. The van der Waals surface area contributed by atoms with Crippen molar-refractivity contribution in [1.29, 1.82) is 0 Å². The number of benzene rings is 1. The fourth-order valence-electron chi connectivity index (χ4n) is 2.08. The van der Waals surface area contributed by atoms with Crippen molar-refractivity contribution in [3.8, 4) is 6.01 Å². The van der Waals surface area contributed by atoms with Crippen molar-refractivity contribution in [3.63, 3.8) is 0 Å². The Kier molecular flexibility index (Phi) is 5.23. The first-order chi connectivity index (χ1) is 11.1. The van der Waals surface area contributed by atoms with Gasteiger partial charge in [0.1, 0.15) is 11.8 Å². The Morgan fingerprint density at radius 2 is 1.83 bits per heavy atom. The Labute approximate surface area is 147 Å². The van der Waals surface area contributed by atoms with E-state index in [4.69, 9.17) is 39.5 Å². The smallest absolute Gasteiger partial charge is 0.296 e. The molecule has 5 nitrogen and oxygen atoms in total. The average molecular weight is 372 g/mol. The monoisotopic (exact) mass is 370 g/mol. The number of nitrogens with zero attached hydrogens (tertiary/aromatic N) is 2. The van der Waals surface area contributed by atoms with Gasteiger partial charge in [-0.1, -0.05) is 34.8 Å². The van der Waals surface area contributed by atoms with Gasteiger partial charge >= 0.3 is 0 Å². The molecule has 0 fully saturated rings. The van der Waals surface area contributed by atoms with Gasteiger partial charge in [0.25, 0.3) is 6.01 Å². The molecule has 0 saturated carbocycles. The van der Waals surface area contributed by atoms with E-state index in [0.717, 1.165) is 11.1 Å². The van der Waals surface area contributed by atoms with Crippen LogP contribution in [-0.4, -0.2) is 28.1 Å². The number of halogens is 3. The molecule has 0 aliphatic rings. The van der Waals surface area contributed by atoms with Gasteiger partial charge in [0.2, 0.25) is 0 Å². The van der Waals surface area contributed by atoms with E-state index < -0.39 is 0 Å². The molecule has 0 saturated heterocycles. The van der Waals surface area contributed by atoms with E-state index >= 15 is 0 Å². The molecular formula is C15H13Cl3N4O. The summed E-state index contributed by atoms with van der Waals surface area (Å²) >= 11 is 17.7. The van der Waals surface area contributed by atoms with Crippen LogP contribution >= 0.6 is 34.8 Å². The molecule has 0 aliphatic heterocycles. The molecule has 2 heterocycles. The highest BCUT2D eigenvalue weighted by atomic mass is 35.5. The number of ether oxygens (including phenoxy) is 1. The van der Waals surface area contributed by atoms with Gasteiger partial charge in [-0.15, -0.1) is 0 Å². The van der Waals surface area contributed by atoms with Crippen LogP contribution < -0.4 is 10.1 Å². The van der Waals surface area contributed by atoms with E-state index in [2.05, 4.69) is 20.3 Å². The van der Waals surface area contributed by atoms with Gasteiger partial charge in [-0.2, -0.15) is 4.98 Å². The SMILES string of the molecule is Clc1cc(Cl)cc(CNCCOc2nc3nc(Cl)ccc3[nH]2)c1. The molecule has 2 aromatic heterocycles. The Bertz CT molecular complexity index is 801. The largest absolute Gasteiger partial charge is 0.463 e. The van der Waals surface area contributed by atoms with E-state index in [9.17, 15) is 0 Å². The second kappa shape index (κ2) is 7.36. The first-order valence-electron chi connectivity index (χ1n) is 6.91. The predicted molar refractivity (Wildman–Crippen MR) is 92.6 cm³/mol. The summed E-state index contributed by atoms with van der Waals surface area (Å²) < 4.78 is 5.55. The molecule has 0 aliphatic carbocycles. The third-order valence-electron chi connectivity index (χ3n) is 3.06. The summed E-state index contributed by atoms with van der Waals surface area (Å²) in [7, 11) is 0. The summed E-state index contributed by atoms with van der Waals surface area (Å²) in [6, 6.07) is 9.38. The molecule has 0 atom stereocenters. The third kappa shape index (κ3) is 4.48. The summed E-state index contributed by atoms with van der Waals surface area (Å²) in [5.41, 5.74) is 2.34. The number of hydrogen-bond acceptors (Lipinski definition) is 4. The van der Waals surface area contributed by atoms with Crippen molar-refractivity contribution in [1.82, 2.24) is 20.3 Å². The first-order valence-corrected chi connectivity index (χ1v) is 8.04. The zero-order valence-corrected chi connectivity index (χ0v) is 14.2. The van der Waals surface area contributed by atoms with Crippen LogP contribution in [0.2, 0.25) is 15.2 Å². The Hall–Kier alpha value is -1.53. The third-order valence-corrected chi connectivity index (χ3v) is 3.71. The maximum absolute atomic E-state index is 5.96. The van der Waals surface area contributed by atoms with Crippen molar-refractivity contribution in [3.05, 3.63) is 51.1 Å². The van der Waals surface area contributed by atoms with Crippen LogP contribution in [0.4, 0.5) is 0 Å². The first kappa shape index (κ1) is 16.3. The molecular weight excluding hydrogens is 359 g/mol. The normalized spacial score (nSPS) is 11.1. The highest BCUT2D eigenvalue weighted by Gasteiger charge is 2.05. The average Bonchev–Trinajstić information content (AvgIpc) is 2.87. The Morgan fingerprint density at radius 3 is 2.61 bits per heavy atom. The van der Waals surface area contributed by atoms with Gasteiger partial charge in [0.05, 0.1) is 5.52 Å². The van der Waals surface area contributed by atoms with Crippen LogP contribution in [0.1, 0.15) is 5.56 Å². The lowest BCUT2D eigenvalue weighted by molar-refractivity contribution is 0.293. The van der Waals surface area contributed by atoms with Crippen molar-refractivity contribution in [2.24, 2.45) is 0 Å². The van der Waals surface area contributed by atoms with Gasteiger partial charge in [-0.3, -0.25) is 0 Å².